The van der Waals surface area contributed by atoms with Crippen molar-refractivity contribution in [1.82, 2.24) is 15.2 Å². The number of hydrogen-bond donors (Lipinski definition) is 2. The zero-order valence-electron chi connectivity index (χ0n) is 10.3. The van der Waals surface area contributed by atoms with Crippen LogP contribution in [0.3, 0.4) is 0 Å². The van der Waals surface area contributed by atoms with E-state index in [0.717, 1.165) is 13.0 Å². The van der Waals surface area contributed by atoms with Crippen LogP contribution >= 0.6 is 0 Å². The van der Waals surface area contributed by atoms with Crippen LogP contribution in [0, 0.1) is 0 Å². The van der Waals surface area contributed by atoms with E-state index in [9.17, 15) is 4.79 Å². The van der Waals surface area contributed by atoms with Crippen molar-refractivity contribution in [2.24, 2.45) is 0 Å². The molecule has 4 heteroatoms. The van der Waals surface area contributed by atoms with Gasteiger partial charge in [-0.3, -0.25) is 4.79 Å². The molecule has 0 aliphatic heterocycles. The van der Waals surface area contributed by atoms with Gasteiger partial charge < -0.3 is 15.2 Å². The molecule has 0 aromatic carbocycles. The van der Waals surface area contributed by atoms with Gasteiger partial charge in [-0.15, -0.1) is 0 Å². The first-order valence-corrected chi connectivity index (χ1v) is 5.74. The number of amides is 1. The summed E-state index contributed by atoms with van der Waals surface area (Å²) in [6.07, 6.45) is 4.89. The van der Waals surface area contributed by atoms with Crippen molar-refractivity contribution in [3.05, 3.63) is 24.0 Å². The van der Waals surface area contributed by atoms with E-state index in [2.05, 4.69) is 17.6 Å². The van der Waals surface area contributed by atoms with E-state index in [1.165, 1.54) is 5.56 Å². The van der Waals surface area contributed by atoms with Crippen molar-refractivity contribution in [1.29, 1.82) is 0 Å². The lowest BCUT2D eigenvalue weighted by Crippen LogP contribution is -2.34. The highest BCUT2D eigenvalue weighted by Gasteiger charge is 2.06. The smallest absolute Gasteiger partial charge is 0.240 e. The molecule has 1 unspecified atom stereocenters. The molecule has 0 saturated heterocycles. The van der Waals surface area contributed by atoms with Gasteiger partial charge in [-0.2, -0.15) is 0 Å². The van der Waals surface area contributed by atoms with Crippen LogP contribution < -0.4 is 10.6 Å². The van der Waals surface area contributed by atoms with E-state index < -0.39 is 0 Å². The standard InChI is InChI=1S/C12H21N3O/c1-4-10(2)14-12(16)9-15-6-5-11(8-15)7-13-3/h5-6,8,10,13H,4,7,9H2,1-3H3,(H,14,16). The number of nitrogens with zero attached hydrogens (tertiary/aromatic N) is 1. The molecule has 0 aliphatic carbocycles. The van der Waals surface area contributed by atoms with Gasteiger partial charge in [0.2, 0.25) is 5.91 Å². The number of carbonyl (C=O) groups is 1. The highest BCUT2D eigenvalue weighted by molar-refractivity contribution is 5.76. The van der Waals surface area contributed by atoms with E-state index in [1.54, 1.807) is 0 Å². The normalized spacial score (nSPS) is 12.4. The molecule has 0 saturated carbocycles. The second-order valence-electron chi connectivity index (χ2n) is 4.10. The molecule has 0 radical (unpaired) electrons. The summed E-state index contributed by atoms with van der Waals surface area (Å²) >= 11 is 0. The summed E-state index contributed by atoms with van der Waals surface area (Å²) in [4.78, 5) is 11.6. The van der Waals surface area contributed by atoms with Crippen LogP contribution in [0.2, 0.25) is 0 Å². The van der Waals surface area contributed by atoms with Crippen molar-refractivity contribution in [2.45, 2.75) is 39.4 Å². The molecule has 90 valence electrons. The molecule has 1 aromatic rings. The Labute approximate surface area is 97.0 Å². The predicted molar refractivity (Wildman–Crippen MR) is 65.1 cm³/mol. The number of hydrogen-bond acceptors (Lipinski definition) is 2. The topological polar surface area (TPSA) is 46.1 Å². The summed E-state index contributed by atoms with van der Waals surface area (Å²) in [5, 5.41) is 6.02. The Balaban J connectivity index is 2.43. The molecule has 0 fully saturated rings. The molecule has 1 aromatic heterocycles. The molecule has 0 bridgehead atoms. The first-order chi connectivity index (χ1) is 7.65. The highest BCUT2D eigenvalue weighted by atomic mass is 16.2. The van der Waals surface area contributed by atoms with E-state index in [1.807, 2.05) is 37.0 Å². The predicted octanol–water partition coefficient (Wildman–Crippen LogP) is 1.12. The van der Waals surface area contributed by atoms with E-state index in [4.69, 9.17) is 0 Å². The summed E-state index contributed by atoms with van der Waals surface area (Å²) in [5.41, 5.74) is 1.19. The van der Waals surface area contributed by atoms with Gasteiger partial charge >= 0.3 is 0 Å². The van der Waals surface area contributed by atoms with Gasteiger partial charge in [-0.1, -0.05) is 6.92 Å². The van der Waals surface area contributed by atoms with Crippen molar-refractivity contribution in [3.8, 4) is 0 Å². The lowest BCUT2D eigenvalue weighted by atomic mass is 10.2. The first kappa shape index (κ1) is 12.8. The lowest BCUT2D eigenvalue weighted by Gasteiger charge is -2.11. The molecule has 1 amide bonds. The minimum atomic E-state index is 0.0703. The zero-order valence-corrected chi connectivity index (χ0v) is 10.3. The van der Waals surface area contributed by atoms with Crippen LogP contribution in [0.25, 0.3) is 0 Å². The van der Waals surface area contributed by atoms with Crippen LogP contribution in [-0.2, 0) is 17.9 Å². The Morgan fingerprint density at radius 3 is 2.94 bits per heavy atom. The molecular formula is C12H21N3O. The third-order valence-corrected chi connectivity index (χ3v) is 2.54. The minimum absolute atomic E-state index is 0.0703. The molecule has 0 spiro atoms. The average molecular weight is 223 g/mol. The van der Waals surface area contributed by atoms with Crippen molar-refractivity contribution >= 4 is 5.91 Å². The summed E-state index contributed by atoms with van der Waals surface area (Å²) in [5.74, 6) is 0.0703. The number of aromatic nitrogens is 1. The summed E-state index contributed by atoms with van der Waals surface area (Å²) < 4.78 is 1.91. The summed E-state index contributed by atoms with van der Waals surface area (Å²) in [7, 11) is 1.91. The van der Waals surface area contributed by atoms with Gasteiger partial charge in [-0.05, 0) is 32.0 Å². The average Bonchev–Trinajstić information content (AvgIpc) is 2.65. The molecule has 1 atom stereocenters. The van der Waals surface area contributed by atoms with Crippen LogP contribution in [-0.4, -0.2) is 23.6 Å². The third kappa shape index (κ3) is 4.06. The highest BCUT2D eigenvalue weighted by Crippen LogP contribution is 2.00. The largest absolute Gasteiger partial charge is 0.352 e. The van der Waals surface area contributed by atoms with Gasteiger partial charge in [-0.25, -0.2) is 0 Å². The van der Waals surface area contributed by atoms with Crippen LogP contribution in [0.15, 0.2) is 18.5 Å². The maximum absolute atomic E-state index is 11.6. The molecule has 2 N–H and O–H groups in total. The van der Waals surface area contributed by atoms with E-state index >= 15 is 0 Å². The van der Waals surface area contributed by atoms with Gasteiger partial charge in [0, 0.05) is 25.0 Å². The molecule has 0 aliphatic rings. The fourth-order valence-electron chi connectivity index (χ4n) is 1.49. The maximum Gasteiger partial charge on any atom is 0.240 e. The Bertz CT molecular complexity index is 333. The lowest BCUT2D eigenvalue weighted by molar-refractivity contribution is -0.122. The van der Waals surface area contributed by atoms with E-state index in [0.29, 0.717) is 6.54 Å². The second kappa shape index (κ2) is 6.33. The monoisotopic (exact) mass is 223 g/mol. The molecule has 1 rings (SSSR count). The first-order valence-electron chi connectivity index (χ1n) is 5.74. The maximum atomic E-state index is 11.6. The molecule has 1 heterocycles. The minimum Gasteiger partial charge on any atom is -0.352 e. The van der Waals surface area contributed by atoms with Crippen molar-refractivity contribution in [3.63, 3.8) is 0 Å². The quantitative estimate of drug-likeness (QED) is 0.759. The number of rotatable bonds is 6. The van der Waals surface area contributed by atoms with Crippen LogP contribution in [0.4, 0.5) is 0 Å². The third-order valence-electron chi connectivity index (χ3n) is 2.54. The fraction of sp³-hybridized carbons (Fsp3) is 0.583. The van der Waals surface area contributed by atoms with Gasteiger partial charge in [0.1, 0.15) is 6.54 Å². The van der Waals surface area contributed by atoms with Gasteiger partial charge in [0.15, 0.2) is 0 Å². The van der Waals surface area contributed by atoms with E-state index in [-0.39, 0.29) is 11.9 Å². The molecular weight excluding hydrogens is 202 g/mol. The number of carbonyl (C=O) groups excluding carboxylic acids is 1. The Hall–Kier alpha value is -1.29. The summed E-state index contributed by atoms with van der Waals surface area (Å²) in [6.45, 7) is 5.31. The van der Waals surface area contributed by atoms with Crippen LogP contribution in [0.1, 0.15) is 25.8 Å². The van der Waals surface area contributed by atoms with Crippen LogP contribution in [0.5, 0.6) is 0 Å². The Morgan fingerprint density at radius 2 is 2.31 bits per heavy atom. The van der Waals surface area contributed by atoms with Gasteiger partial charge in [0.05, 0.1) is 0 Å². The van der Waals surface area contributed by atoms with Crippen molar-refractivity contribution < 1.29 is 4.79 Å². The fourth-order valence-corrected chi connectivity index (χ4v) is 1.49. The molecule has 16 heavy (non-hydrogen) atoms. The van der Waals surface area contributed by atoms with Crippen molar-refractivity contribution in [2.75, 3.05) is 7.05 Å². The molecule has 4 nitrogen and oxygen atoms in total. The second-order valence-corrected chi connectivity index (χ2v) is 4.10. The number of nitrogens with one attached hydrogen (secondary N) is 2. The Kier molecular flexibility index (Phi) is 5.05. The zero-order chi connectivity index (χ0) is 12.0. The SMILES string of the molecule is CCC(C)NC(=O)Cn1ccc(CNC)c1. The summed E-state index contributed by atoms with van der Waals surface area (Å²) in [6, 6.07) is 2.27. The Morgan fingerprint density at radius 1 is 1.56 bits per heavy atom. The van der Waals surface area contributed by atoms with Gasteiger partial charge in [0.25, 0.3) is 0 Å².